The van der Waals surface area contributed by atoms with E-state index in [1.165, 1.54) is 12.1 Å². The predicted molar refractivity (Wildman–Crippen MR) is 106 cm³/mol. The Morgan fingerprint density at radius 3 is 2.60 bits per heavy atom. The zero-order valence-corrected chi connectivity index (χ0v) is 15.9. The second-order valence-electron chi connectivity index (χ2n) is 7.08. The summed E-state index contributed by atoms with van der Waals surface area (Å²) in [6.07, 6.45) is -4.24. The van der Waals surface area contributed by atoms with Gasteiger partial charge < -0.3 is 15.5 Å². The number of rotatable bonds is 4. The van der Waals surface area contributed by atoms with Crippen LogP contribution in [0.4, 0.5) is 18.9 Å². The molecule has 0 bridgehead atoms. The fourth-order valence-corrected chi connectivity index (χ4v) is 3.49. The van der Waals surface area contributed by atoms with Crippen molar-refractivity contribution in [2.24, 2.45) is 0 Å². The third-order valence-corrected chi connectivity index (χ3v) is 4.92. The highest BCUT2D eigenvalue weighted by Gasteiger charge is 2.32. The molecule has 0 saturated heterocycles. The fourth-order valence-electron chi connectivity index (χ4n) is 3.49. The number of alkyl halides is 3. The molecule has 156 valence electrons. The van der Waals surface area contributed by atoms with Gasteiger partial charge in [-0.15, -0.1) is 13.2 Å². The Morgan fingerprint density at radius 2 is 1.87 bits per heavy atom. The van der Waals surface area contributed by atoms with Gasteiger partial charge in [0.25, 0.3) is 5.56 Å². The summed E-state index contributed by atoms with van der Waals surface area (Å²) in [4.78, 5) is 21.9. The van der Waals surface area contributed by atoms with Gasteiger partial charge in [-0.3, -0.25) is 9.69 Å². The molecule has 1 aromatic heterocycles. The number of aromatic amines is 1. The number of halogens is 3. The maximum absolute atomic E-state index is 12.7. The van der Waals surface area contributed by atoms with Crippen molar-refractivity contribution in [3.63, 3.8) is 0 Å². The van der Waals surface area contributed by atoms with Gasteiger partial charge in [-0.05, 0) is 30.3 Å². The van der Waals surface area contributed by atoms with E-state index < -0.39 is 6.36 Å². The molecule has 1 aliphatic rings. The summed E-state index contributed by atoms with van der Waals surface area (Å²) in [5.41, 5.74) is 8.44. The van der Waals surface area contributed by atoms with Crippen molar-refractivity contribution >= 4 is 5.69 Å². The van der Waals surface area contributed by atoms with Crippen LogP contribution in [-0.2, 0) is 19.5 Å². The van der Waals surface area contributed by atoms with Crippen molar-refractivity contribution in [3.05, 3.63) is 75.7 Å². The van der Waals surface area contributed by atoms with Gasteiger partial charge in [-0.25, -0.2) is 4.98 Å². The number of hydrogen-bond donors (Lipinski definition) is 2. The number of anilines is 1. The molecule has 2 heterocycles. The molecular weight excluding hydrogens is 397 g/mol. The van der Waals surface area contributed by atoms with Crippen molar-refractivity contribution in [2.45, 2.75) is 25.9 Å². The van der Waals surface area contributed by atoms with Gasteiger partial charge >= 0.3 is 6.36 Å². The van der Waals surface area contributed by atoms with E-state index in [0.717, 1.165) is 5.56 Å². The first-order valence-corrected chi connectivity index (χ1v) is 9.32. The quantitative estimate of drug-likeness (QED) is 0.637. The largest absolute Gasteiger partial charge is 0.573 e. The lowest BCUT2D eigenvalue weighted by atomic mass is 10.0. The molecule has 0 saturated carbocycles. The first-order valence-electron chi connectivity index (χ1n) is 9.32. The topological polar surface area (TPSA) is 84.2 Å². The third kappa shape index (κ3) is 4.46. The second kappa shape index (κ2) is 7.83. The van der Waals surface area contributed by atoms with Crippen LogP contribution in [0.25, 0.3) is 11.4 Å². The zero-order chi connectivity index (χ0) is 21.3. The average molecular weight is 416 g/mol. The number of nitrogen functional groups attached to an aromatic ring is 1. The Morgan fingerprint density at radius 1 is 1.13 bits per heavy atom. The van der Waals surface area contributed by atoms with Crippen molar-refractivity contribution in [1.82, 2.24) is 14.9 Å². The maximum Gasteiger partial charge on any atom is 0.573 e. The summed E-state index contributed by atoms with van der Waals surface area (Å²) in [5.74, 6) is 0.234. The van der Waals surface area contributed by atoms with Gasteiger partial charge in [0.15, 0.2) is 0 Å². The molecule has 6 nitrogen and oxygen atoms in total. The van der Waals surface area contributed by atoms with E-state index in [1.54, 1.807) is 36.4 Å². The lowest BCUT2D eigenvalue weighted by molar-refractivity contribution is -0.275. The number of nitrogens with two attached hydrogens (primary N) is 1. The SMILES string of the molecule is Nc1ccc(-c2nc3c(c(=O)[nH]2)CN(Cc2ccccc2OC(F)(F)F)CC3)cc1. The smallest absolute Gasteiger partial charge is 0.405 e. The van der Waals surface area contributed by atoms with Crippen molar-refractivity contribution in [1.29, 1.82) is 0 Å². The summed E-state index contributed by atoms with van der Waals surface area (Å²) in [6, 6.07) is 13.1. The molecule has 1 aliphatic heterocycles. The number of para-hydroxylation sites is 1. The highest BCUT2D eigenvalue weighted by Crippen LogP contribution is 2.28. The molecule has 0 aliphatic carbocycles. The summed E-state index contributed by atoms with van der Waals surface area (Å²) in [7, 11) is 0. The van der Waals surface area contributed by atoms with Crippen LogP contribution in [0, 0.1) is 0 Å². The molecule has 0 amide bonds. The molecule has 0 radical (unpaired) electrons. The van der Waals surface area contributed by atoms with E-state index in [9.17, 15) is 18.0 Å². The molecule has 30 heavy (non-hydrogen) atoms. The monoisotopic (exact) mass is 416 g/mol. The number of nitrogens with zero attached hydrogens (tertiary/aromatic N) is 2. The van der Waals surface area contributed by atoms with E-state index in [-0.39, 0.29) is 17.9 Å². The highest BCUT2D eigenvalue weighted by molar-refractivity contribution is 5.58. The number of benzene rings is 2. The van der Waals surface area contributed by atoms with Gasteiger partial charge in [0, 0.05) is 42.9 Å². The predicted octanol–water partition coefficient (Wildman–Crippen LogP) is 3.48. The first kappa shape index (κ1) is 20.0. The number of aromatic nitrogens is 2. The lowest BCUT2D eigenvalue weighted by Gasteiger charge is -2.28. The summed E-state index contributed by atoms with van der Waals surface area (Å²) < 4.78 is 42.1. The summed E-state index contributed by atoms with van der Waals surface area (Å²) >= 11 is 0. The number of ether oxygens (including phenoxy) is 1. The molecule has 3 N–H and O–H groups in total. The van der Waals surface area contributed by atoms with Crippen molar-refractivity contribution in [3.8, 4) is 17.1 Å². The highest BCUT2D eigenvalue weighted by atomic mass is 19.4. The van der Waals surface area contributed by atoms with Crippen LogP contribution in [0.1, 0.15) is 16.8 Å². The van der Waals surface area contributed by atoms with Gasteiger partial charge in [0.1, 0.15) is 11.6 Å². The Bertz CT molecular complexity index is 1110. The van der Waals surface area contributed by atoms with Gasteiger partial charge in [-0.1, -0.05) is 18.2 Å². The maximum atomic E-state index is 12.7. The van der Waals surface area contributed by atoms with Gasteiger partial charge in [0.2, 0.25) is 0 Å². The normalized spacial score (nSPS) is 14.4. The van der Waals surface area contributed by atoms with Gasteiger partial charge in [0.05, 0.1) is 11.3 Å². The average Bonchev–Trinajstić information content (AvgIpc) is 2.69. The van der Waals surface area contributed by atoms with Crippen LogP contribution in [0.3, 0.4) is 0 Å². The van der Waals surface area contributed by atoms with Crippen LogP contribution < -0.4 is 16.0 Å². The van der Waals surface area contributed by atoms with Gasteiger partial charge in [-0.2, -0.15) is 0 Å². The number of H-pyrrole nitrogens is 1. The molecule has 0 fully saturated rings. The van der Waals surface area contributed by atoms with E-state index in [2.05, 4.69) is 14.7 Å². The second-order valence-corrected chi connectivity index (χ2v) is 7.08. The number of hydrogen-bond acceptors (Lipinski definition) is 5. The summed E-state index contributed by atoms with van der Waals surface area (Å²) in [6.45, 7) is 1.08. The molecule has 9 heteroatoms. The Labute approximate surface area is 170 Å². The molecule has 0 atom stereocenters. The van der Waals surface area contributed by atoms with E-state index in [4.69, 9.17) is 5.73 Å². The van der Waals surface area contributed by atoms with Crippen molar-refractivity contribution < 1.29 is 17.9 Å². The Kier molecular flexibility index (Phi) is 5.21. The molecular formula is C21H19F3N4O2. The molecule has 4 rings (SSSR count). The minimum atomic E-state index is -4.76. The lowest BCUT2D eigenvalue weighted by Crippen LogP contribution is -2.35. The van der Waals surface area contributed by atoms with Crippen LogP contribution in [-0.4, -0.2) is 27.8 Å². The Balaban J connectivity index is 1.55. The van der Waals surface area contributed by atoms with Crippen LogP contribution in [0.5, 0.6) is 5.75 Å². The number of nitrogens with one attached hydrogen (secondary N) is 1. The standard InChI is InChI=1S/C21H19F3N4O2/c22-21(23,24)30-18-4-2-1-3-14(18)11-28-10-9-17-16(12-28)20(29)27-19(26-17)13-5-7-15(25)8-6-13/h1-8H,9-12,25H2,(H,26,27,29). The van der Waals surface area contributed by atoms with Crippen LogP contribution >= 0.6 is 0 Å². The number of fused-ring (bicyclic) bond motifs is 1. The molecule has 3 aromatic rings. The third-order valence-electron chi connectivity index (χ3n) is 4.92. The van der Waals surface area contributed by atoms with E-state index in [0.29, 0.717) is 47.8 Å². The first-order chi connectivity index (χ1) is 14.3. The molecule has 0 unspecified atom stereocenters. The minimum Gasteiger partial charge on any atom is -0.405 e. The summed E-state index contributed by atoms with van der Waals surface area (Å²) in [5, 5.41) is 0. The van der Waals surface area contributed by atoms with Crippen molar-refractivity contribution in [2.75, 3.05) is 12.3 Å². The Hall–Kier alpha value is -3.33. The fraction of sp³-hybridized carbons (Fsp3) is 0.238. The van der Waals surface area contributed by atoms with Crippen LogP contribution in [0.2, 0.25) is 0 Å². The van der Waals surface area contributed by atoms with E-state index in [1.807, 2.05) is 4.90 Å². The van der Waals surface area contributed by atoms with E-state index >= 15 is 0 Å². The molecule has 2 aromatic carbocycles. The minimum absolute atomic E-state index is 0.227. The van der Waals surface area contributed by atoms with Crippen LogP contribution in [0.15, 0.2) is 53.3 Å². The zero-order valence-electron chi connectivity index (χ0n) is 15.9. The molecule has 0 spiro atoms.